The highest BCUT2D eigenvalue weighted by Gasteiger charge is 2.20. The van der Waals surface area contributed by atoms with E-state index >= 15 is 0 Å². The fraction of sp³-hybridized carbons (Fsp3) is 0.417. The molecule has 0 aromatic heterocycles. The number of sulfonamides is 1. The molecule has 0 fully saturated rings. The molecule has 1 aromatic carbocycles. The number of anilines is 1. The maximum Gasteiger partial charge on any atom is 0.240 e. The number of carbonyl (C=O) groups excluding carboxylic acids is 1. The molecule has 0 heterocycles. The Morgan fingerprint density at radius 2 is 1.89 bits per heavy atom. The van der Waals surface area contributed by atoms with E-state index in [4.69, 9.17) is 0 Å². The molecule has 1 amide bonds. The fourth-order valence-corrected chi connectivity index (χ4v) is 2.31. The van der Waals surface area contributed by atoms with Crippen molar-refractivity contribution in [3.8, 4) is 0 Å². The molecule has 0 radical (unpaired) electrons. The summed E-state index contributed by atoms with van der Waals surface area (Å²) in [4.78, 5) is 11.6. The minimum absolute atomic E-state index is 0.260. The van der Waals surface area contributed by atoms with Gasteiger partial charge in [-0.2, -0.15) is 0 Å². The van der Waals surface area contributed by atoms with Crippen LogP contribution < -0.4 is 9.62 Å². The number of nitrogens with zero attached hydrogens (tertiary/aromatic N) is 1. The SMILES string of the molecule is CCCNC(=O)CN(c1ccc(F)cc1)S(C)(=O)=O. The lowest BCUT2D eigenvalue weighted by Gasteiger charge is -2.21. The first kappa shape index (κ1) is 15.4. The van der Waals surface area contributed by atoms with E-state index < -0.39 is 21.7 Å². The number of carbonyl (C=O) groups is 1. The Kier molecular flexibility index (Phi) is 5.29. The van der Waals surface area contributed by atoms with Crippen LogP contribution in [0.3, 0.4) is 0 Å². The molecule has 0 aliphatic heterocycles. The summed E-state index contributed by atoms with van der Waals surface area (Å²) >= 11 is 0. The molecule has 1 N–H and O–H groups in total. The second kappa shape index (κ2) is 6.51. The van der Waals surface area contributed by atoms with Gasteiger partial charge in [0.05, 0.1) is 11.9 Å². The Labute approximate surface area is 112 Å². The van der Waals surface area contributed by atoms with E-state index in [2.05, 4.69) is 5.32 Å². The summed E-state index contributed by atoms with van der Waals surface area (Å²) in [7, 11) is -3.60. The molecule has 0 aliphatic carbocycles. The van der Waals surface area contributed by atoms with Crippen LogP contribution in [0.2, 0.25) is 0 Å². The zero-order chi connectivity index (χ0) is 14.5. The highest BCUT2D eigenvalue weighted by Crippen LogP contribution is 2.17. The van der Waals surface area contributed by atoms with Crippen molar-refractivity contribution >= 4 is 21.6 Å². The molecule has 0 saturated heterocycles. The van der Waals surface area contributed by atoms with E-state index in [-0.39, 0.29) is 12.2 Å². The molecule has 7 heteroatoms. The summed E-state index contributed by atoms with van der Waals surface area (Å²) < 4.78 is 37.1. The maximum absolute atomic E-state index is 12.8. The number of hydrogen-bond acceptors (Lipinski definition) is 3. The monoisotopic (exact) mass is 288 g/mol. The van der Waals surface area contributed by atoms with Crippen molar-refractivity contribution in [2.45, 2.75) is 13.3 Å². The zero-order valence-corrected chi connectivity index (χ0v) is 11.7. The van der Waals surface area contributed by atoms with Crippen molar-refractivity contribution in [3.05, 3.63) is 30.1 Å². The van der Waals surface area contributed by atoms with Crippen molar-refractivity contribution in [3.63, 3.8) is 0 Å². The predicted molar refractivity (Wildman–Crippen MR) is 71.9 cm³/mol. The van der Waals surface area contributed by atoms with Gasteiger partial charge in [-0.1, -0.05) is 6.92 Å². The van der Waals surface area contributed by atoms with Gasteiger partial charge in [0, 0.05) is 6.54 Å². The molecule has 1 aromatic rings. The number of nitrogens with one attached hydrogen (secondary N) is 1. The third-order valence-corrected chi connectivity index (χ3v) is 3.51. The van der Waals surface area contributed by atoms with Gasteiger partial charge in [-0.3, -0.25) is 9.10 Å². The second-order valence-electron chi connectivity index (χ2n) is 4.10. The average Bonchev–Trinajstić information content (AvgIpc) is 2.33. The van der Waals surface area contributed by atoms with E-state index in [9.17, 15) is 17.6 Å². The van der Waals surface area contributed by atoms with Crippen molar-refractivity contribution in [2.24, 2.45) is 0 Å². The van der Waals surface area contributed by atoms with Gasteiger partial charge in [0.1, 0.15) is 12.4 Å². The highest BCUT2D eigenvalue weighted by molar-refractivity contribution is 7.92. The predicted octanol–water partition coefficient (Wildman–Crippen LogP) is 1.12. The van der Waals surface area contributed by atoms with Crippen LogP contribution in [-0.4, -0.2) is 33.7 Å². The summed E-state index contributed by atoms with van der Waals surface area (Å²) in [6.45, 7) is 2.07. The lowest BCUT2D eigenvalue weighted by Crippen LogP contribution is -2.40. The molecule has 0 unspecified atom stereocenters. The minimum atomic E-state index is -3.60. The maximum atomic E-state index is 12.8. The lowest BCUT2D eigenvalue weighted by atomic mass is 10.3. The number of halogens is 1. The molecule has 0 aliphatic rings. The van der Waals surface area contributed by atoms with Gasteiger partial charge < -0.3 is 5.32 Å². The molecular weight excluding hydrogens is 271 g/mol. The van der Waals surface area contributed by atoms with E-state index in [1.807, 2.05) is 6.92 Å². The molecule has 0 atom stereocenters. The summed E-state index contributed by atoms with van der Waals surface area (Å²) in [5, 5.41) is 2.60. The first-order valence-corrected chi connectivity index (χ1v) is 7.69. The van der Waals surface area contributed by atoms with Crippen molar-refractivity contribution in [1.29, 1.82) is 0 Å². The molecule has 1 rings (SSSR count). The Bertz CT molecular complexity index is 528. The highest BCUT2D eigenvalue weighted by atomic mass is 32.2. The minimum Gasteiger partial charge on any atom is -0.355 e. The number of rotatable bonds is 6. The van der Waals surface area contributed by atoms with Gasteiger partial charge >= 0.3 is 0 Å². The first-order chi connectivity index (χ1) is 8.84. The largest absolute Gasteiger partial charge is 0.355 e. The third-order valence-electron chi connectivity index (χ3n) is 2.37. The first-order valence-electron chi connectivity index (χ1n) is 5.84. The Hall–Kier alpha value is -1.63. The van der Waals surface area contributed by atoms with Gasteiger partial charge in [0.25, 0.3) is 0 Å². The molecule has 19 heavy (non-hydrogen) atoms. The Morgan fingerprint density at radius 3 is 2.37 bits per heavy atom. The fourth-order valence-electron chi connectivity index (χ4n) is 1.46. The molecule has 0 spiro atoms. The van der Waals surface area contributed by atoms with E-state index in [0.29, 0.717) is 6.54 Å². The molecule has 0 saturated carbocycles. The molecule has 0 bridgehead atoms. The van der Waals surface area contributed by atoms with Crippen LogP contribution in [-0.2, 0) is 14.8 Å². The standard InChI is InChI=1S/C12H17FN2O3S/c1-3-8-14-12(16)9-15(19(2,17)18)11-6-4-10(13)5-7-11/h4-7H,3,8-9H2,1-2H3,(H,14,16). The molecular formula is C12H17FN2O3S. The van der Waals surface area contributed by atoms with Crippen LogP contribution in [0.5, 0.6) is 0 Å². The second-order valence-corrected chi connectivity index (χ2v) is 6.00. The van der Waals surface area contributed by atoms with E-state index in [1.54, 1.807) is 0 Å². The number of amides is 1. The van der Waals surface area contributed by atoms with Crippen LogP contribution >= 0.6 is 0 Å². The van der Waals surface area contributed by atoms with Crippen LogP contribution in [0.1, 0.15) is 13.3 Å². The van der Waals surface area contributed by atoms with Crippen LogP contribution in [0.4, 0.5) is 10.1 Å². The Balaban J connectivity index is 2.91. The summed E-state index contributed by atoms with van der Waals surface area (Å²) in [5.41, 5.74) is 0.260. The van der Waals surface area contributed by atoms with E-state index in [1.165, 1.54) is 12.1 Å². The smallest absolute Gasteiger partial charge is 0.240 e. The van der Waals surface area contributed by atoms with Gasteiger partial charge in [-0.05, 0) is 30.7 Å². The van der Waals surface area contributed by atoms with Crippen LogP contribution in [0.15, 0.2) is 24.3 Å². The lowest BCUT2D eigenvalue weighted by molar-refractivity contribution is -0.119. The van der Waals surface area contributed by atoms with Gasteiger partial charge in [-0.15, -0.1) is 0 Å². The van der Waals surface area contributed by atoms with Gasteiger partial charge in [0.15, 0.2) is 0 Å². The summed E-state index contributed by atoms with van der Waals surface area (Å²) in [6.07, 6.45) is 1.77. The van der Waals surface area contributed by atoms with Crippen LogP contribution in [0.25, 0.3) is 0 Å². The van der Waals surface area contributed by atoms with Crippen LogP contribution in [0, 0.1) is 5.82 Å². The molecule has 106 valence electrons. The summed E-state index contributed by atoms with van der Waals surface area (Å²) in [6, 6.07) is 4.95. The van der Waals surface area contributed by atoms with Gasteiger partial charge in [0.2, 0.25) is 15.9 Å². The Morgan fingerprint density at radius 1 is 1.32 bits per heavy atom. The molecule has 5 nitrogen and oxygen atoms in total. The van der Waals surface area contributed by atoms with Crippen molar-refractivity contribution in [1.82, 2.24) is 5.32 Å². The quantitative estimate of drug-likeness (QED) is 0.853. The third kappa shape index (κ3) is 4.86. The normalized spacial score (nSPS) is 11.1. The van der Waals surface area contributed by atoms with Crippen molar-refractivity contribution in [2.75, 3.05) is 23.7 Å². The van der Waals surface area contributed by atoms with E-state index in [0.717, 1.165) is 29.1 Å². The van der Waals surface area contributed by atoms with Crippen molar-refractivity contribution < 1.29 is 17.6 Å². The zero-order valence-electron chi connectivity index (χ0n) is 10.9. The number of benzene rings is 1. The summed E-state index contributed by atoms with van der Waals surface area (Å²) in [5.74, 6) is -0.857. The topological polar surface area (TPSA) is 66.5 Å². The van der Waals surface area contributed by atoms with Gasteiger partial charge in [-0.25, -0.2) is 12.8 Å². The average molecular weight is 288 g/mol. The number of hydrogen-bond donors (Lipinski definition) is 1.